The Morgan fingerprint density at radius 2 is 1.62 bits per heavy atom. The van der Waals surface area contributed by atoms with Crippen molar-refractivity contribution >= 4 is 11.6 Å². The van der Waals surface area contributed by atoms with Crippen molar-refractivity contribution in [1.29, 1.82) is 0 Å². The second-order valence-electron chi connectivity index (χ2n) is 8.39. The second-order valence-corrected chi connectivity index (χ2v) is 8.39. The number of carbonyl (C=O) groups is 1. The summed E-state index contributed by atoms with van der Waals surface area (Å²) in [5.74, 6) is 0.256. The lowest BCUT2D eigenvalue weighted by molar-refractivity contribution is -0.120. The van der Waals surface area contributed by atoms with E-state index < -0.39 is 0 Å². The molecule has 0 spiro atoms. The molecule has 1 aliphatic rings. The van der Waals surface area contributed by atoms with Crippen LogP contribution in [0.15, 0.2) is 54.6 Å². The van der Waals surface area contributed by atoms with Crippen molar-refractivity contribution in [3.8, 4) is 0 Å². The Balaban J connectivity index is 2.06. The number of carbonyl (C=O) groups excluding carboxylic acids is 1. The van der Waals surface area contributed by atoms with Crippen LogP contribution < -0.4 is 4.90 Å². The van der Waals surface area contributed by atoms with Crippen LogP contribution in [0.25, 0.3) is 0 Å². The molecule has 0 unspecified atom stereocenters. The van der Waals surface area contributed by atoms with Gasteiger partial charge in [-0.3, -0.25) is 4.79 Å². The van der Waals surface area contributed by atoms with Crippen molar-refractivity contribution in [1.82, 2.24) is 0 Å². The predicted octanol–water partition coefficient (Wildman–Crippen LogP) is 6.09. The Morgan fingerprint density at radius 3 is 2.31 bits per heavy atom. The largest absolute Gasteiger partial charge is 0.307 e. The van der Waals surface area contributed by atoms with Crippen LogP contribution in [-0.2, 0) is 10.2 Å². The highest BCUT2D eigenvalue weighted by molar-refractivity contribution is 5.96. The highest BCUT2D eigenvalue weighted by Gasteiger charge is 2.47. The summed E-state index contributed by atoms with van der Waals surface area (Å²) in [6, 6.07) is 19.2. The monoisotopic (exact) mass is 349 g/mol. The van der Waals surface area contributed by atoms with Crippen LogP contribution in [0.5, 0.6) is 0 Å². The molecule has 1 aliphatic heterocycles. The van der Waals surface area contributed by atoms with Crippen LogP contribution in [0.2, 0.25) is 0 Å². The first-order valence-electron chi connectivity index (χ1n) is 9.88. The number of hydrogen-bond acceptors (Lipinski definition) is 1. The van der Waals surface area contributed by atoms with E-state index in [9.17, 15) is 4.79 Å². The third-order valence-corrected chi connectivity index (χ3v) is 5.79. The molecule has 0 radical (unpaired) electrons. The number of nitrogens with zero attached hydrogens (tertiary/aromatic N) is 1. The number of fused-ring (bicyclic) bond motifs is 1. The van der Waals surface area contributed by atoms with Gasteiger partial charge in [0.25, 0.3) is 0 Å². The van der Waals surface area contributed by atoms with Crippen LogP contribution in [0, 0.1) is 0 Å². The summed E-state index contributed by atoms with van der Waals surface area (Å²) in [7, 11) is 0. The number of anilines is 1. The van der Waals surface area contributed by atoms with Crippen LogP contribution in [0.1, 0.15) is 70.9 Å². The Kier molecular flexibility index (Phi) is 5.22. The topological polar surface area (TPSA) is 20.3 Å². The van der Waals surface area contributed by atoms with Gasteiger partial charge in [-0.15, -0.1) is 0 Å². The second kappa shape index (κ2) is 7.26. The molecule has 0 saturated carbocycles. The van der Waals surface area contributed by atoms with E-state index in [0.29, 0.717) is 6.42 Å². The fourth-order valence-corrected chi connectivity index (χ4v) is 4.67. The van der Waals surface area contributed by atoms with Gasteiger partial charge >= 0.3 is 0 Å². The zero-order valence-electron chi connectivity index (χ0n) is 16.6. The highest BCUT2D eigenvalue weighted by Crippen LogP contribution is 2.50. The normalized spacial score (nSPS) is 21.3. The molecule has 1 amide bonds. The predicted molar refractivity (Wildman–Crippen MR) is 110 cm³/mol. The van der Waals surface area contributed by atoms with Gasteiger partial charge in [0.15, 0.2) is 0 Å². The lowest BCUT2D eigenvalue weighted by atomic mass is 9.65. The van der Waals surface area contributed by atoms with Crippen molar-refractivity contribution in [3.63, 3.8) is 0 Å². The molecule has 2 nitrogen and oxygen atoms in total. The standard InChI is InChI=1S/C24H31NO/c1-5-6-8-17-22(26)25-21-16-12-11-15-20(21)24(4,18-23(25,2)3)19-13-9-7-10-14-19/h7,9-16H,5-6,8,17-18H2,1-4H3/t24-/m0/s1. The summed E-state index contributed by atoms with van der Waals surface area (Å²) in [5.41, 5.74) is 3.34. The fraction of sp³-hybridized carbons (Fsp3) is 0.458. The van der Waals surface area contributed by atoms with Crippen LogP contribution in [0.4, 0.5) is 5.69 Å². The minimum atomic E-state index is -0.220. The Hall–Kier alpha value is -2.09. The molecular formula is C24H31NO. The van der Waals surface area contributed by atoms with Gasteiger partial charge < -0.3 is 4.90 Å². The summed E-state index contributed by atoms with van der Waals surface area (Å²) < 4.78 is 0. The summed E-state index contributed by atoms with van der Waals surface area (Å²) in [6.07, 6.45) is 4.77. The zero-order chi connectivity index (χ0) is 18.8. The molecule has 0 saturated heterocycles. The van der Waals surface area contributed by atoms with E-state index in [1.54, 1.807) is 0 Å². The molecule has 2 aromatic carbocycles. The lowest BCUT2D eigenvalue weighted by Crippen LogP contribution is -2.55. The average Bonchev–Trinajstić information content (AvgIpc) is 2.62. The van der Waals surface area contributed by atoms with E-state index in [0.717, 1.165) is 31.4 Å². The van der Waals surface area contributed by atoms with E-state index >= 15 is 0 Å². The van der Waals surface area contributed by atoms with Gasteiger partial charge in [-0.25, -0.2) is 0 Å². The van der Waals surface area contributed by atoms with Gasteiger partial charge in [0.05, 0.1) is 0 Å². The SMILES string of the molecule is CCCCCC(=O)N1c2ccccc2[C@](C)(c2ccccc2)CC1(C)C. The van der Waals surface area contributed by atoms with Crippen LogP contribution in [-0.4, -0.2) is 11.4 Å². The maximum atomic E-state index is 13.1. The minimum absolute atomic E-state index is 0.0957. The molecule has 3 rings (SSSR count). The van der Waals surface area contributed by atoms with Gasteiger partial charge in [-0.2, -0.15) is 0 Å². The lowest BCUT2D eigenvalue weighted by Gasteiger charge is -2.51. The zero-order valence-corrected chi connectivity index (χ0v) is 16.6. The van der Waals surface area contributed by atoms with Gasteiger partial charge in [-0.1, -0.05) is 75.2 Å². The number of unbranched alkanes of at least 4 members (excludes halogenated alkanes) is 2. The van der Waals surface area contributed by atoms with Gasteiger partial charge in [-0.05, 0) is 43.9 Å². The molecule has 0 aromatic heterocycles. The van der Waals surface area contributed by atoms with Crippen molar-refractivity contribution in [2.24, 2.45) is 0 Å². The third kappa shape index (κ3) is 3.30. The first-order chi connectivity index (χ1) is 12.4. The molecule has 1 atom stereocenters. The van der Waals surface area contributed by atoms with Crippen LogP contribution >= 0.6 is 0 Å². The molecule has 0 fully saturated rings. The Labute approximate surface area is 158 Å². The first-order valence-corrected chi connectivity index (χ1v) is 9.88. The fourth-order valence-electron chi connectivity index (χ4n) is 4.67. The van der Waals surface area contributed by atoms with Gasteiger partial charge in [0.1, 0.15) is 0 Å². The van der Waals surface area contributed by atoms with Crippen LogP contribution in [0.3, 0.4) is 0 Å². The maximum absolute atomic E-state index is 13.1. The highest BCUT2D eigenvalue weighted by atomic mass is 16.2. The van der Waals surface area contributed by atoms with Gasteiger partial charge in [0.2, 0.25) is 5.91 Å². The minimum Gasteiger partial charge on any atom is -0.307 e. The van der Waals surface area contributed by atoms with Crippen molar-refractivity contribution in [2.75, 3.05) is 4.90 Å². The molecule has 0 aliphatic carbocycles. The number of rotatable bonds is 5. The van der Waals surface area contributed by atoms with E-state index in [1.807, 2.05) is 0 Å². The number of benzene rings is 2. The summed E-state index contributed by atoms with van der Waals surface area (Å²) in [5, 5.41) is 0. The maximum Gasteiger partial charge on any atom is 0.227 e. The molecule has 2 aromatic rings. The number of para-hydroxylation sites is 1. The number of amides is 1. The van der Waals surface area contributed by atoms with E-state index in [1.165, 1.54) is 11.1 Å². The first kappa shape index (κ1) is 18.7. The van der Waals surface area contributed by atoms with Gasteiger partial charge in [0, 0.05) is 23.1 Å². The Bertz CT molecular complexity index is 765. The van der Waals surface area contributed by atoms with E-state index in [4.69, 9.17) is 0 Å². The summed E-state index contributed by atoms with van der Waals surface area (Å²) in [4.78, 5) is 15.2. The Morgan fingerprint density at radius 1 is 0.962 bits per heavy atom. The molecular weight excluding hydrogens is 318 g/mol. The molecule has 2 heteroatoms. The smallest absolute Gasteiger partial charge is 0.227 e. The van der Waals surface area contributed by atoms with E-state index in [2.05, 4.69) is 87.2 Å². The number of hydrogen-bond donors (Lipinski definition) is 0. The van der Waals surface area contributed by atoms with E-state index in [-0.39, 0.29) is 16.9 Å². The van der Waals surface area contributed by atoms with Crippen molar-refractivity contribution < 1.29 is 4.79 Å². The molecule has 0 bridgehead atoms. The quantitative estimate of drug-likeness (QED) is 0.598. The molecule has 1 heterocycles. The van der Waals surface area contributed by atoms with Crippen molar-refractivity contribution in [2.45, 2.75) is 70.8 Å². The third-order valence-electron chi connectivity index (χ3n) is 5.79. The molecule has 138 valence electrons. The van der Waals surface area contributed by atoms with Crippen molar-refractivity contribution in [3.05, 3.63) is 65.7 Å². The molecule has 0 N–H and O–H groups in total. The summed E-state index contributed by atoms with van der Waals surface area (Å²) >= 11 is 0. The molecule has 26 heavy (non-hydrogen) atoms. The summed E-state index contributed by atoms with van der Waals surface area (Å²) in [6.45, 7) is 8.92. The average molecular weight is 350 g/mol.